The van der Waals surface area contributed by atoms with Crippen molar-refractivity contribution >= 4 is 39.2 Å². The summed E-state index contributed by atoms with van der Waals surface area (Å²) >= 11 is 2.67. The van der Waals surface area contributed by atoms with Crippen LogP contribution in [-0.4, -0.2) is 41.5 Å². The molecule has 0 unspecified atom stereocenters. The highest BCUT2D eigenvalue weighted by molar-refractivity contribution is 7.99. The van der Waals surface area contributed by atoms with Gasteiger partial charge in [0, 0.05) is 4.88 Å². The van der Waals surface area contributed by atoms with Crippen LogP contribution in [0.2, 0.25) is 0 Å². The molecule has 3 aromatic heterocycles. The van der Waals surface area contributed by atoms with E-state index in [1.807, 2.05) is 34.6 Å². The summed E-state index contributed by atoms with van der Waals surface area (Å²) < 4.78 is 2.78. The van der Waals surface area contributed by atoms with Crippen LogP contribution in [0.3, 0.4) is 0 Å². The van der Waals surface area contributed by atoms with Gasteiger partial charge in [0.05, 0.1) is 16.7 Å². The van der Waals surface area contributed by atoms with E-state index in [0.29, 0.717) is 15.4 Å². The Hall–Kier alpha value is -2.27. The largest absolute Gasteiger partial charge is 0.281 e. The van der Waals surface area contributed by atoms with Gasteiger partial charge in [-0.05, 0) is 50.6 Å². The number of amides is 1. The lowest BCUT2D eigenvalue weighted by Gasteiger charge is -2.19. The van der Waals surface area contributed by atoms with Gasteiger partial charge in [0.2, 0.25) is 11.1 Å². The van der Waals surface area contributed by atoms with Crippen molar-refractivity contribution in [1.29, 1.82) is 0 Å². The number of nitrogens with one attached hydrogen (secondary N) is 1. The first kappa shape index (κ1) is 18.5. The Morgan fingerprint density at radius 1 is 1.35 bits per heavy atom. The second kappa shape index (κ2) is 6.80. The van der Waals surface area contributed by atoms with E-state index in [-0.39, 0.29) is 22.8 Å². The predicted molar refractivity (Wildman–Crippen MR) is 101 cm³/mol. The molecule has 0 aliphatic heterocycles. The lowest BCUT2D eigenvalue weighted by Crippen LogP contribution is -2.34. The maximum atomic E-state index is 12.6. The predicted octanol–water partition coefficient (Wildman–Crippen LogP) is 1.68. The molecule has 138 valence electrons. The molecule has 11 heteroatoms. The van der Waals surface area contributed by atoms with Gasteiger partial charge in [0.1, 0.15) is 11.2 Å². The van der Waals surface area contributed by atoms with E-state index < -0.39 is 0 Å². The molecule has 26 heavy (non-hydrogen) atoms. The van der Waals surface area contributed by atoms with Gasteiger partial charge in [-0.3, -0.25) is 15.0 Å². The molecule has 0 spiro atoms. The lowest BCUT2D eigenvalue weighted by molar-refractivity contribution is -0.114. The minimum atomic E-state index is -0.341. The molecule has 3 rings (SSSR count). The number of thiophene rings is 1. The molecule has 0 saturated heterocycles. The van der Waals surface area contributed by atoms with Crippen LogP contribution in [0.5, 0.6) is 0 Å². The van der Waals surface area contributed by atoms with Crippen LogP contribution >= 0.6 is 23.1 Å². The van der Waals surface area contributed by atoms with Crippen molar-refractivity contribution < 1.29 is 4.79 Å². The molecule has 0 aliphatic rings. The van der Waals surface area contributed by atoms with Gasteiger partial charge in [-0.2, -0.15) is 0 Å². The Balaban J connectivity index is 1.74. The molecule has 3 heterocycles. The zero-order valence-electron chi connectivity index (χ0n) is 15.1. The van der Waals surface area contributed by atoms with Crippen LogP contribution in [0.4, 0.5) is 0 Å². The van der Waals surface area contributed by atoms with Gasteiger partial charge in [-0.1, -0.05) is 11.8 Å². The van der Waals surface area contributed by atoms with Crippen molar-refractivity contribution in [2.75, 3.05) is 11.2 Å². The molecule has 0 saturated carbocycles. The highest BCUT2D eigenvalue weighted by Crippen LogP contribution is 2.25. The van der Waals surface area contributed by atoms with E-state index in [1.54, 1.807) is 4.68 Å². The van der Waals surface area contributed by atoms with Gasteiger partial charge in [-0.15, -0.1) is 16.4 Å². The van der Waals surface area contributed by atoms with E-state index in [0.717, 1.165) is 15.1 Å². The number of aromatic nitrogens is 6. The molecule has 9 nitrogen and oxygen atoms in total. The first-order valence-electron chi connectivity index (χ1n) is 7.87. The highest BCUT2D eigenvalue weighted by atomic mass is 32.2. The van der Waals surface area contributed by atoms with E-state index in [9.17, 15) is 9.59 Å². The second-order valence-corrected chi connectivity index (χ2v) is 8.90. The summed E-state index contributed by atoms with van der Waals surface area (Å²) in [6.07, 6.45) is 1.34. The number of thioether (sulfide) groups is 1. The van der Waals surface area contributed by atoms with Gasteiger partial charge < -0.3 is 0 Å². The molecule has 0 radical (unpaired) electrons. The van der Waals surface area contributed by atoms with Crippen molar-refractivity contribution in [2.45, 2.75) is 45.3 Å². The summed E-state index contributed by atoms with van der Waals surface area (Å²) in [6, 6.07) is 0. The van der Waals surface area contributed by atoms with E-state index in [1.165, 1.54) is 29.4 Å². The normalized spacial score (nSPS) is 11.9. The van der Waals surface area contributed by atoms with Gasteiger partial charge in [0.15, 0.2) is 0 Å². The van der Waals surface area contributed by atoms with Gasteiger partial charge in [0.25, 0.3) is 5.56 Å². The molecule has 0 atom stereocenters. The number of hydrogen-bond donors (Lipinski definition) is 1. The van der Waals surface area contributed by atoms with Crippen molar-refractivity contribution in [1.82, 2.24) is 29.9 Å². The first-order valence-corrected chi connectivity index (χ1v) is 9.67. The molecule has 3 aromatic rings. The summed E-state index contributed by atoms with van der Waals surface area (Å²) in [5.74, 6) is -0.269. The van der Waals surface area contributed by atoms with Crippen LogP contribution in [0, 0.1) is 13.8 Å². The number of tetrazole rings is 1. The Morgan fingerprint density at radius 2 is 2.08 bits per heavy atom. The summed E-state index contributed by atoms with van der Waals surface area (Å²) in [6.45, 7) is 9.74. The number of hydrogen-bond acceptors (Lipinski definition) is 8. The smallest absolute Gasteiger partial charge is 0.272 e. The molecule has 0 bridgehead atoms. The van der Waals surface area contributed by atoms with Gasteiger partial charge >= 0.3 is 0 Å². The molecule has 0 aromatic carbocycles. The number of aryl methyl sites for hydroxylation is 2. The maximum absolute atomic E-state index is 12.6. The van der Waals surface area contributed by atoms with E-state index >= 15 is 0 Å². The second-order valence-electron chi connectivity index (χ2n) is 6.75. The number of carbonyl (C=O) groups excluding carboxylic acids is 1. The molecule has 0 fully saturated rings. The minimum absolute atomic E-state index is 0.0720. The summed E-state index contributed by atoms with van der Waals surface area (Å²) in [5, 5.41) is 12.6. The zero-order chi connectivity index (χ0) is 19.1. The first-order chi connectivity index (χ1) is 12.2. The molecule has 1 amide bonds. The minimum Gasteiger partial charge on any atom is -0.272 e. The Kier molecular flexibility index (Phi) is 4.84. The van der Waals surface area contributed by atoms with Crippen molar-refractivity contribution in [3.05, 3.63) is 27.1 Å². The van der Waals surface area contributed by atoms with Crippen LogP contribution in [0.15, 0.2) is 16.3 Å². The monoisotopic (exact) mass is 393 g/mol. The fourth-order valence-corrected chi connectivity index (χ4v) is 4.14. The Bertz CT molecular complexity index is 1030. The van der Waals surface area contributed by atoms with E-state index in [2.05, 4.69) is 25.9 Å². The number of nitrogens with zero attached hydrogens (tertiary/aromatic N) is 6. The fourth-order valence-electron chi connectivity index (χ4n) is 2.30. The molecular weight excluding hydrogens is 374 g/mol. The molecule has 1 N–H and O–H groups in total. The fraction of sp³-hybridized carbons (Fsp3) is 0.467. The van der Waals surface area contributed by atoms with Crippen LogP contribution < -0.4 is 11.0 Å². The van der Waals surface area contributed by atoms with Gasteiger partial charge in [-0.25, -0.2) is 14.3 Å². The lowest BCUT2D eigenvalue weighted by atomic mass is 10.1. The van der Waals surface area contributed by atoms with Crippen molar-refractivity contribution in [3.63, 3.8) is 0 Å². The van der Waals surface area contributed by atoms with Crippen molar-refractivity contribution in [2.24, 2.45) is 0 Å². The number of carbonyl (C=O) groups is 1. The van der Waals surface area contributed by atoms with Crippen LogP contribution in [0.25, 0.3) is 10.2 Å². The number of rotatable bonds is 4. The van der Waals surface area contributed by atoms with Crippen LogP contribution in [0.1, 0.15) is 31.2 Å². The number of fused-ring (bicyclic) bond motifs is 1. The third kappa shape index (κ3) is 3.49. The Labute approximate surface area is 157 Å². The molecular formula is C15H19N7O2S2. The highest BCUT2D eigenvalue weighted by Gasteiger charge is 2.21. The standard InChI is InChI=1S/C15H19N7O2S2/c1-8-9(2)26-12-11(8)13(24)21(7-16-12)18-10(23)6-25-14-17-19-20-22(14)15(3,4)5/h7H,6H2,1-5H3,(H,18,23). The zero-order valence-corrected chi connectivity index (χ0v) is 16.7. The summed E-state index contributed by atoms with van der Waals surface area (Å²) in [5.41, 5.74) is 2.89. The average Bonchev–Trinajstić information content (AvgIpc) is 3.14. The third-order valence-corrected chi connectivity index (χ3v) is 5.78. The third-order valence-electron chi connectivity index (χ3n) is 3.74. The topological polar surface area (TPSA) is 108 Å². The quantitative estimate of drug-likeness (QED) is 0.672. The van der Waals surface area contributed by atoms with Crippen LogP contribution in [-0.2, 0) is 10.3 Å². The summed E-state index contributed by atoms with van der Waals surface area (Å²) in [7, 11) is 0. The average molecular weight is 393 g/mol. The van der Waals surface area contributed by atoms with E-state index in [4.69, 9.17) is 0 Å². The van der Waals surface area contributed by atoms with Crippen molar-refractivity contribution in [3.8, 4) is 0 Å². The summed E-state index contributed by atoms with van der Waals surface area (Å²) in [4.78, 5) is 30.8. The SMILES string of the molecule is Cc1sc2ncn(NC(=O)CSc3nnnn3C(C)(C)C)c(=O)c2c1C. The molecule has 0 aliphatic carbocycles. The Morgan fingerprint density at radius 3 is 2.77 bits per heavy atom. The maximum Gasteiger partial charge on any atom is 0.281 e.